The van der Waals surface area contributed by atoms with E-state index in [2.05, 4.69) is 20.3 Å². The lowest BCUT2D eigenvalue weighted by Crippen LogP contribution is -2.02. The van der Waals surface area contributed by atoms with Crippen molar-refractivity contribution >= 4 is 33.4 Å². The van der Waals surface area contributed by atoms with E-state index in [0.717, 1.165) is 58.9 Å². The molecule has 2 aromatic heterocycles. The van der Waals surface area contributed by atoms with Crippen LogP contribution in [0.4, 0.5) is 11.6 Å². The maximum Gasteiger partial charge on any atom is 0.227 e. The molecule has 5 rings (SSSR count). The van der Waals surface area contributed by atoms with E-state index in [-0.39, 0.29) is 0 Å². The molecule has 0 saturated carbocycles. The van der Waals surface area contributed by atoms with Crippen molar-refractivity contribution in [1.29, 1.82) is 0 Å². The number of benzene rings is 2. The lowest BCUT2D eigenvalue weighted by Gasteiger charge is -2.11. The second-order valence-corrected chi connectivity index (χ2v) is 7.74. The summed E-state index contributed by atoms with van der Waals surface area (Å²) in [5, 5.41) is 5.12. The van der Waals surface area contributed by atoms with E-state index in [1.54, 1.807) is 6.33 Å². The Morgan fingerprint density at radius 3 is 2.55 bits per heavy atom. The zero-order valence-corrected chi connectivity index (χ0v) is 17.4. The summed E-state index contributed by atoms with van der Waals surface area (Å²) in [6.07, 6.45) is 10.1. The highest BCUT2D eigenvalue weighted by atomic mass is 16.5. The number of aromatic nitrogens is 4. The van der Waals surface area contributed by atoms with Crippen LogP contribution < -0.4 is 14.8 Å². The van der Waals surface area contributed by atoms with Gasteiger partial charge in [0.15, 0.2) is 0 Å². The molecule has 158 valence electrons. The van der Waals surface area contributed by atoms with Crippen molar-refractivity contribution in [1.82, 2.24) is 19.9 Å². The SMILES string of the molecule is c1cc2c3nc(ncc3c1)Nc1ccc3ncnc(c3c1)OCCCCCCCCO2. The van der Waals surface area contributed by atoms with Crippen LogP contribution in [0.15, 0.2) is 48.9 Å². The van der Waals surface area contributed by atoms with Gasteiger partial charge in [0.05, 0.1) is 24.1 Å². The zero-order chi connectivity index (χ0) is 20.9. The minimum absolute atomic E-state index is 0.514. The third kappa shape index (κ3) is 4.50. The normalized spacial score (nSPS) is 15.5. The number of para-hydroxylation sites is 1. The van der Waals surface area contributed by atoms with Crippen molar-refractivity contribution in [3.8, 4) is 11.6 Å². The Labute approximate surface area is 180 Å². The molecule has 0 radical (unpaired) electrons. The van der Waals surface area contributed by atoms with Crippen molar-refractivity contribution < 1.29 is 9.47 Å². The van der Waals surface area contributed by atoms with Gasteiger partial charge in [0.2, 0.25) is 11.8 Å². The van der Waals surface area contributed by atoms with E-state index in [4.69, 9.17) is 14.5 Å². The first-order valence-corrected chi connectivity index (χ1v) is 10.9. The minimum Gasteiger partial charge on any atom is -0.491 e. The summed E-state index contributed by atoms with van der Waals surface area (Å²) >= 11 is 0. The molecule has 0 amide bonds. The van der Waals surface area contributed by atoms with E-state index in [9.17, 15) is 0 Å². The second-order valence-electron chi connectivity index (χ2n) is 7.74. The van der Waals surface area contributed by atoms with Gasteiger partial charge in [-0.15, -0.1) is 0 Å². The largest absolute Gasteiger partial charge is 0.491 e. The maximum atomic E-state index is 6.06. The van der Waals surface area contributed by atoms with Gasteiger partial charge >= 0.3 is 0 Å². The topological polar surface area (TPSA) is 82.1 Å². The molecule has 0 spiro atoms. The van der Waals surface area contributed by atoms with Crippen molar-refractivity contribution in [3.05, 3.63) is 48.9 Å². The molecule has 0 saturated heterocycles. The van der Waals surface area contributed by atoms with Gasteiger partial charge in [-0.3, -0.25) is 0 Å². The molecule has 0 aliphatic carbocycles. The summed E-state index contributed by atoms with van der Waals surface area (Å²) in [4.78, 5) is 17.9. The summed E-state index contributed by atoms with van der Waals surface area (Å²) < 4.78 is 12.1. The van der Waals surface area contributed by atoms with Crippen LogP contribution in [-0.4, -0.2) is 33.1 Å². The summed E-state index contributed by atoms with van der Waals surface area (Å²) in [5.74, 6) is 1.92. The molecule has 0 atom stereocenters. The van der Waals surface area contributed by atoms with E-state index < -0.39 is 0 Å². The quantitative estimate of drug-likeness (QED) is 0.410. The lowest BCUT2D eigenvalue weighted by atomic mass is 10.1. The van der Waals surface area contributed by atoms with Crippen LogP contribution in [0, 0.1) is 0 Å². The average molecular weight is 415 g/mol. The number of ether oxygens (including phenoxy) is 2. The third-order valence-corrected chi connectivity index (χ3v) is 5.46. The fourth-order valence-corrected chi connectivity index (χ4v) is 3.82. The summed E-state index contributed by atoms with van der Waals surface area (Å²) in [6, 6.07) is 11.8. The van der Waals surface area contributed by atoms with Crippen molar-refractivity contribution in [3.63, 3.8) is 0 Å². The highest BCUT2D eigenvalue weighted by Crippen LogP contribution is 2.28. The molecule has 1 aliphatic rings. The molecule has 7 nitrogen and oxygen atoms in total. The predicted molar refractivity (Wildman–Crippen MR) is 121 cm³/mol. The number of nitrogens with zero attached hydrogens (tertiary/aromatic N) is 4. The molecular formula is C24H25N5O2. The highest BCUT2D eigenvalue weighted by Gasteiger charge is 2.10. The highest BCUT2D eigenvalue weighted by molar-refractivity contribution is 5.88. The summed E-state index contributed by atoms with van der Waals surface area (Å²) in [7, 11) is 0. The third-order valence-electron chi connectivity index (χ3n) is 5.46. The smallest absolute Gasteiger partial charge is 0.227 e. The minimum atomic E-state index is 0.514. The Morgan fingerprint density at radius 2 is 1.65 bits per heavy atom. The van der Waals surface area contributed by atoms with Gasteiger partial charge in [-0.2, -0.15) is 0 Å². The fourth-order valence-electron chi connectivity index (χ4n) is 3.82. The molecule has 1 aliphatic heterocycles. The van der Waals surface area contributed by atoms with Crippen molar-refractivity contribution in [2.45, 2.75) is 38.5 Å². The number of hydrogen-bond acceptors (Lipinski definition) is 7. The monoisotopic (exact) mass is 415 g/mol. The molecular weight excluding hydrogens is 390 g/mol. The fraction of sp³-hybridized carbons (Fsp3) is 0.333. The standard InChI is InChI=1S/C24H25N5O2/c1-2-4-6-13-31-23-19-14-18(10-11-20(19)26-16-27-23)28-24-25-15-17-8-7-9-21(22(17)29-24)30-12-5-3-1/h7-11,14-16H,1-6,12-13H2,(H,25,28,29). The van der Waals surface area contributed by atoms with E-state index in [1.807, 2.05) is 42.6 Å². The first kappa shape index (κ1) is 19.5. The van der Waals surface area contributed by atoms with E-state index in [1.165, 1.54) is 12.8 Å². The average Bonchev–Trinajstić information content (AvgIpc) is 2.80. The van der Waals surface area contributed by atoms with Crippen LogP contribution in [0.1, 0.15) is 38.5 Å². The number of rotatable bonds is 0. The van der Waals surface area contributed by atoms with Crippen LogP contribution in [0.5, 0.6) is 11.6 Å². The van der Waals surface area contributed by atoms with Crippen LogP contribution in [0.3, 0.4) is 0 Å². The Kier molecular flexibility index (Phi) is 5.73. The van der Waals surface area contributed by atoms with Gasteiger partial charge in [-0.25, -0.2) is 19.9 Å². The number of nitrogens with one attached hydrogen (secondary N) is 1. The number of anilines is 2. The molecule has 3 heterocycles. The Morgan fingerprint density at radius 1 is 0.806 bits per heavy atom. The van der Waals surface area contributed by atoms with Gasteiger partial charge in [-0.1, -0.05) is 37.8 Å². The Bertz CT molecular complexity index is 1100. The maximum absolute atomic E-state index is 6.06. The Balaban J connectivity index is 1.51. The molecule has 0 unspecified atom stereocenters. The molecule has 31 heavy (non-hydrogen) atoms. The van der Waals surface area contributed by atoms with Crippen molar-refractivity contribution in [2.75, 3.05) is 18.5 Å². The summed E-state index contributed by atoms with van der Waals surface area (Å²) in [5.41, 5.74) is 2.51. The van der Waals surface area contributed by atoms with Crippen LogP contribution in [-0.2, 0) is 0 Å². The molecule has 4 bridgehead atoms. The molecule has 1 N–H and O–H groups in total. The molecule has 0 fully saturated rings. The molecule has 2 aromatic carbocycles. The predicted octanol–water partition coefficient (Wildman–Crippen LogP) is 5.43. The lowest BCUT2D eigenvalue weighted by molar-refractivity contribution is 0.293. The molecule has 7 heteroatoms. The van der Waals surface area contributed by atoms with Gasteiger partial charge < -0.3 is 14.8 Å². The van der Waals surface area contributed by atoms with Crippen LogP contribution >= 0.6 is 0 Å². The van der Waals surface area contributed by atoms with Gasteiger partial charge in [0, 0.05) is 17.3 Å². The summed E-state index contributed by atoms with van der Waals surface area (Å²) in [6.45, 7) is 1.35. The first-order chi connectivity index (χ1) is 15.4. The number of fused-ring (bicyclic) bond motifs is 2. The van der Waals surface area contributed by atoms with Crippen molar-refractivity contribution in [2.24, 2.45) is 0 Å². The van der Waals surface area contributed by atoms with E-state index >= 15 is 0 Å². The molecule has 4 aromatic rings. The van der Waals surface area contributed by atoms with Crippen LogP contribution in [0.2, 0.25) is 0 Å². The number of hydrogen-bond donors (Lipinski definition) is 1. The second kappa shape index (κ2) is 9.12. The van der Waals surface area contributed by atoms with Gasteiger partial charge in [0.1, 0.15) is 17.6 Å². The Hall–Kier alpha value is -3.48. The zero-order valence-electron chi connectivity index (χ0n) is 17.4. The first-order valence-electron chi connectivity index (χ1n) is 10.9. The van der Waals surface area contributed by atoms with E-state index in [0.29, 0.717) is 25.0 Å². The van der Waals surface area contributed by atoms with Gasteiger partial charge in [0.25, 0.3) is 0 Å². The van der Waals surface area contributed by atoms with Crippen LogP contribution in [0.25, 0.3) is 21.8 Å². The van der Waals surface area contributed by atoms with Gasteiger partial charge in [-0.05, 0) is 37.1 Å².